The molecule has 1 amide bonds. The minimum Gasteiger partial charge on any atom is -0.497 e. The SMILES string of the molecule is COc1ccc(CN(CC(=O)O)C(=O)OC(C)(C)C)c(OC)c1. The Bertz CT molecular complexity index is 564. The van der Waals surface area contributed by atoms with Crippen molar-refractivity contribution in [2.75, 3.05) is 20.8 Å². The van der Waals surface area contributed by atoms with E-state index in [2.05, 4.69) is 0 Å². The summed E-state index contributed by atoms with van der Waals surface area (Å²) in [6, 6.07) is 5.10. The molecule has 128 valence electrons. The number of amides is 1. The molecule has 0 bridgehead atoms. The van der Waals surface area contributed by atoms with Crippen molar-refractivity contribution in [2.45, 2.75) is 32.9 Å². The summed E-state index contributed by atoms with van der Waals surface area (Å²) >= 11 is 0. The highest BCUT2D eigenvalue weighted by atomic mass is 16.6. The average molecular weight is 325 g/mol. The maximum absolute atomic E-state index is 12.2. The van der Waals surface area contributed by atoms with Crippen molar-refractivity contribution in [3.8, 4) is 11.5 Å². The second-order valence-electron chi connectivity index (χ2n) is 5.91. The number of benzene rings is 1. The van der Waals surface area contributed by atoms with Gasteiger partial charge in [-0.2, -0.15) is 0 Å². The van der Waals surface area contributed by atoms with Crippen LogP contribution in [-0.2, 0) is 16.1 Å². The lowest BCUT2D eigenvalue weighted by Gasteiger charge is -2.26. The van der Waals surface area contributed by atoms with Gasteiger partial charge in [0, 0.05) is 11.6 Å². The fraction of sp³-hybridized carbons (Fsp3) is 0.500. The molecule has 0 fully saturated rings. The number of carboxylic acid groups (broad SMARTS) is 1. The molecule has 7 nitrogen and oxygen atoms in total. The van der Waals surface area contributed by atoms with Gasteiger partial charge in [0.15, 0.2) is 0 Å². The van der Waals surface area contributed by atoms with Crippen molar-refractivity contribution in [3.63, 3.8) is 0 Å². The molecule has 0 saturated heterocycles. The lowest BCUT2D eigenvalue weighted by Crippen LogP contribution is -2.39. The molecule has 1 aromatic carbocycles. The Morgan fingerprint density at radius 2 is 1.83 bits per heavy atom. The molecular formula is C16H23NO6. The van der Waals surface area contributed by atoms with E-state index in [1.165, 1.54) is 14.2 Å². The summed E-state index contributed by atoms with van der Waals surface area (Å²) in [5, 5.41) is 9.02. The van der Waals surface area contributed by atoms with E-state index >= 15 is 0 Å². The van der Waals surface area contributed by atoms with E-state index in [4.69, 9.17) is 19.3 Å². The number of carbonyl (C=O) groups excluding carboxylic acids is 1. The maximum atomic E-state index is 12.2. The number of methoxy groups -OCH3 is 2. The van der Waals surface area contributed by atoms with Gasteiger partial charge in [-0.1, -0.05) is 0 Å². The molecular weight excluding hydrogens is 302 g/mol. The summed E-state index contributed by atoms with van der Waals surface area (Å²) in [6.07, 6.45) is -0.697. The fourth-order valence-electron chi connectivity index (χ4n) is 1.86. The third kappa shape index (κ3) is 6.06. The molecule has 0 radical (unpaired) electrons. The molecule has 0 aliphatic rings. The van der Waals surface area contributed by atoms with Crippen molar-refractivity contribution < 1.29 is 28.9 Å². The Labute approximate surface area is 135 Å². The molecule has 0 saturated carbocycles. The number of rotatable bonds is 6. The lowest BCUT2D eigenvalue weighted by atomic mass is 10.1. The minimum absolute atomic E-state index is 0.0500. The third-order valence-corrected chi connectivity index (χ3v) is 2.83. The van der Waals surface area contributed by atoms with Crippen LogP contribution in [0.2, 0.25) is 0 Å². The zero-order valence-electron chi connectivity index (χ0n) is 14.1. The first kappa shape index (κ1) is 18.6. The molecule has 0 atom stereocenters. The Morgan fingerprint density at radius 1 is 1.17 bits per heavy atom. The van der Waals surface area contributed by atoms with Gasteiger partial charge in [0.2, 0.25) is 0 Å². The first-order chi connectivity index (χ1) is 10.7. The molecule has 1 rings (SSSR count). The molecule has 7 heteroatoms. The zero-order valence-corrected chi connectivity index (χ0v) is 14.1. The molecule has 0 spiro atoms. The first-order valence-electron chi connectivity index (χ1n) is 7.07. The van der Waals surface area contributed by atoms with Crippen LogP contribution in [0.3, 0.4) is 0 Å². The molecule has 1 N–H and O–H groups in total. The smallest absolute Gasteiger partial charge is 0.411 e. The summed E-state index contributed by atoms with van der Waals surface area (Å²) in [6.45, 7) is 4.74. The van der Waals surface area contributed by atoms with Gasteiger partial charge >= 0.3 is 12.1 Å². The molecule has 0 aromatic heterocycles. The highest BCUT2D eigenvalue weighted by Gasteiger charge is 2.25. The number of hydrogen-bond donors (Lipinski definition) is 1. The van der Waals surface area contributed by atoms with E-state index < -0.39 is 24.2 Å². The van der Waals surface area contributed by atoms with E-state index in [-0.39, 0.29) is 6.54 Å². The zero-order chi connectivity index (χ0) is 17.6. The van der Waals surface area contributed by atoms with E-state index in [0.29, 0.717) is 17.1 Å². The Kier molecular flexibility index (Phi) is 6.24. The van der Waals surface area contributed by atoms with Crippen LogP contribution >= 0.6 is 0 Å². The molecule has 1 aromatic rings. The number of carbonyl (C=O) groups is 2. The Morgan fingerprint density at radius 3 is 2.30 bits per heavy atom. The number of ether oxygens (including phenoxy) is 3. The normalized spacial score (nSPS) is 10.8. The summed E-state index contributed by atoms with van der Waals surface area (Å²) in [4.78, 5) is 24.3. The van der Waals surface area contributed by atoms with Crippen LogP contribution < -0.4 is 9.47 Å². The van der Waals surface area contributed by atoms with Crippen molar-refractivity contribution in [1.82, 2.24) is 4.90 Å². The predicted molar refractivity (Wildman–Crippen MR) is 83.8 cm³/mol. The third-order valence-electron chi connectivity index (χ3n) is 2.83. The lowest BCUT2D eigenvalue weighted by molar-refractivity contribution is -0.138. The second kappa shape index (κ2) is 7.71. The van der Waals surface area contributed by atoms with Crippen molar-refractivity contribution in [2.24, 2.45) is 0 Å². The maximum Gasteiger partial charge on any atom is 0.411 e. The molecule has 0 aliphatic carbocycles. The summed E-state index contributed by atoms with van der Waals surface area (Å²) in [5.41, 5.74) is -0.0573. The van der Waals surface area contributed by atoms with Gasteiger partial charge in [0.05, 0.1) is 20.8 Å². The fourth-order valence-corrected chi connectivity index (χ4v) is 1.86. The highest BCUT2D eigenvalue weighted by molar-refractivity contribution is 5.77. The van der Waals surface area contributed by atoms with Crippen LogP contribution in [0.5, 0.6) is 11.5 Å². The van der Waals surface area contributed by atoms with Gasteiger partial charge < -0.3 is 19.3 Å². The van der Waals surface area contributed by atoms with Gasteiger partial charge in [0.25, 0.3) is 0 Å². The van der Waals surface area contributed by atoms with Crippen LogP contribution in [0.4, 0.5) is 4.79 Å². The van der Waals surface area contributed by atoms with Crippen molar-refractivity contribution >= 4 is 12.1 Å². The molecule has 0 aliphatic heterocycles. The van der Waals surface area contributed by atoms with Crippen LogP contribution in [0.25, 0.3) is 0 Å². The monoisotopic (exact) mass is 325 g/mol. The van der Waals surface area contributed by atoms with E-state index in [1.807, 2.05) is 0 Å². The topological polar surface area (TPSA) is 85.3 Å². The van der Waals surface area contributed by atoms with Crippen LogP contribution in [0.1, 0.15) is 26.3 Å². The van der Waals surface area contributed by atoms with E-state index in [0.717, 1.165) is 4.90 Å². The van der Waals surface area contributed by atoms with Crippen LogP contribution in [0, 0.1) is 0 Å². The first-order valence-corrected chi connectivity index (χ1v) is 7.07. The predicted octanol–water partition coefficient (Wildman–Crippen LogP) is 2.53. The standard InChI is InChI=1S/C16H23NO6/c1-16(2,3)23-15(20)17(10-14(18)19)9-11-6-7-12(21-4)8-13(11)22-5/h6-8H,9-10H2,1-5H3,(H,18,19). The largest absolute Gasteiger partial charge is 0.497 e. The van der Waals surface area contributed by atoms with E-state index in [1.54, 1.807) is 39.0 Å². The van der Waals surface area contributed by atoms with Gasteiger partial charge in [-0.05, 0) is 32.9 Å². The van der Waals surface area contributed by atoms with Crippen LogP contribution in [0.15, 0.2) is 18.2 Å². The summed E-state index contributed by atoms with van der Waals surface area (Å²) < 4.78 is 15.6. The Hall–Kier alpha value is -2.44. The second-order valence-corrected chi connectivity index (χ2v) is 5.91. The van der Waals surface area contributed by atoms with Crippen molar-refractivity contribution in [1.29, 1.82) is 0 Å². The van der Waals surface area contributed by atoms with Gasteiger partial charge in [-0.25, -0.2) is 4.79 Å². The number of hydrogen-bond acceptors (Lipinski definition) is 5. The van der Waals surface area contributed by atoms with Gasteiger partial charge in [-0.3, -0.25) is 9.69 Å². The summed E-state index contributed by atoms with van der Waals surface area (Å²) in [5.74, 6) is -0.0145. The van der Waals surface area contributed by atoms with Crippen LogP contribution in [-0.4, -0.2) is 48.4 Å². The quantitative estimate of drug-likeness (QED) is 0.865. The number of carboxylic acids is 1. The van der Waals surface area contributed by atoms with E-state index in [9.17, 15) is 9.59 Å². The number of aliphatic carboxylic acids is 1. The van der Waals surface area contributed by atoms with Gasteiger partial charge in [0.1, 0.15) is 23.6 Å². The molecule has 0 unspecified atom stereocenters. The Balaban J connectivity index is 3.01. The summed E-state index contributed by atoms with van der Waals surface area (Å²) in [7, 11) is 3.03. The average Bonchev–Trinajstić information content (AvgIpc) is 2.44. The minimum atomic E-state index is -1.12. The highest BCUT2D eigenvalue weighted by Crippen LogP contribution is 2.26. The molecule has 0 heterocycles. The number of nitrogens with zero attached hydrogens (tertiary/aromatic N) is 1. The van der Waals surface area contributed by atoms with Gasteiger partial charge in [-0.15, -0.1) is 0 Å². The molecule has 23 heavy (non-hydrogen) atoms. The van der Waals surface area contributed by atoms with Crippen molar-refractivity contribution in [3.05, 3.63) is 23.8 Å².